The van der Waals surface area contributed by atoms with E-state index in [4.69, 9.17) is 42.7 Å². The molecule has 0 bridgehead atoms. The zero-order valence-electron chi connectivity index (χ0n) is 45.3. The number of rotatable bonds is 23. The number of benzene rings is 5. The molecule has 0 aromatic heterocycles. The topological polar surface area (TPSA) is 181 Å². The summed E-state index contributed by atoms with van der Waals surface area (Å²) in [4.78, 5) is 44.3. The Balaban J connectivity index is 0.894. The van der Waals surface area contributed by atoms with Gasteiger partial charge in [0.25, 0.3) is 8.53 Å². The van der Waals surface area contributed by atoms with Crippen LogP contribution in [0.1, 0.15) is 87.1 Å². The van der Waals surface area contributed by atoms with Gasteiger partial charge in [0.1, 0.15) is 48.2 Å². The van der Waals surface area contributed by atoms with Gasteiger partial charge in [-0.05, 0) is 97.3 Å². The van der Waals surface area contributed by atoms with Crippen molar-refractivity contribution in [2.45, 2.75) is 108 Å². The SMILES string of the molecule is COc1ccc(C(OC[C@H]2O[C@@H](N3C=NC4C(NC(=O)CCCN(C)C(=O)OCC5c6ccccc6-c6ccccc65)=NC=NC43)CC2OP(OCCC#N)N(C(C)C)C(C)C)(c2ccccc2)c2ccc(OC)cc2)cc1. The molecule has 0 spiro atoms. The Bertz CT molecular complexity index is 2870. The third-order valence-electron chi connectivity index (χ3n) is 14.5. The molecule has 6 atom stereocenters. The number of methoxy groups -OCH3 is 2. The van der Waals surface area contributed by atoms with Crippen LogP contribution < -0.4 is 14.8 Å². The standard InChI is InChI=1S/C60H69N8O9P/c1-40(2)68(41(3)4)78(75-34-16-32-61)77-52-35-55(76-53(52)37-74-60(42-17-9-8-10-18-42,43-24-28-45(71-6)29-25-43)44-26-30-46(72-7)31-27-44)67-39-64-56-57(62-38-63-58(56)67)65-54(69)23-15-33-66(5)59(70)73-36-51-49-21-13-11-19-47(49)48-20-12-14-22-50(48)51/h8-14,17-22,24-31,38-41,51-53,55-56,58H,15-16,23,33-37H2,1-7H3,(H,62,63,65,69)/t52?,53-,55-,56?,58?,78?/m1/s1. The van der Waals surface area contributed by atoms with Gasteiger partial charge < -0.3 is 47.8 Å². The molecule has 2 amide bonds. The summed E-state index contributed by atoms with van der Waals surface area (Å²) in [6, 6.07) is 44.0. The number of nitrogens with zero attached hydrogens (tertiary/aromatic N) is 7. The predicted octanol–water partition coefficient (Wildman–Crippen LogP) is 10.0. The van der Waals surface area contributed by atoms with Gasteiger partial charge >= 0.3 is 6.09 Å². The number of carbonyl (C=O) groups excluding carboxylic acids is 2. The van der Waals surface area contributed by atoms with E-state index >= 15 is 0 Å². The molecule has 5 aromatic carbocycles. The van der Waals surface area contributed by atoms with Crippen LogP contribution in [0, 0.1) is 11.3 Å². The van der Waals surface area contributed by atoms with Crippen molar-refractivity contribution in [2.24, 2.45) is 15.0 Å². The first-order chi connectivity index (χ1) is 37.9. The number of carbonyl (C=O) groups is 2. The Labute approximate surface area is 458 Å². The minimum absolute atomic E-state index is 0.0515. The highest BCUT2D eigenvalue weighted by Gasteiger charge is 2.49. The Morgan fingerprint density at radius 1 is 0.821 bits per heavy atom. The van der Waals surface area contributed by atoms with E-state index in [1.807, 2.05) is 95.9 Å². The summed E-state index contributed by atoms with van der Waals surface area (Å²) in [5.74, 6) is 1.45. The van der Waals surface area contributed by atoms with Crippen LogP contribution >= 0.6 is 8.53 Å². The molecular weight excluding hydrogens is 1010 g/mol. The van der Waals surface area contributed by atoms with Crippen LogP contribution in [0.3, 0.4) is 0 Å². The zero-order valence-corrected chi connectivity index (χ0v) is 46.2. The van der Waals surface area contributed by atoms with Crippen LogP contribution in [-0.2, 0) is 33.7 Å². The molecule has 1 saturated heterocycles. The molecule has 9 rings (SSSR count). The van der Waals surface area contributed by atoms with E-state index in [1.54, 1.807) is 27.6 Å². The van der Waals surface area contributed by atoms with Crippen molar-refractivity contribution in [3.63, 3.8) is 0 Å². The summed E-state index contributed by atoms with van der Waals surface area (Å²) in [5, 5.41) is 12.5. The molecule has 0 radical (unpaired) electrons. The average Bonchev–Trinajstić information content (AvgIpc) is 4.33. The number of ether oxygens (including phenoxy) is 5. The van der Waals surface area contributed by atoms with Crippen molar-refractivity contribution in [3.05, 3.63) is 155 Å². The zero-order chi connectivity index (χ0) is 54.8. The van der Waals surface area contributed by atoms with Gasteiger partial charge in [0.05, 0.1) is 52.4 Å². The summed E-state index contributed by atoms with van der Waals surface area (Å²) < 4.78 is 47.3. The third kappa shape index (κ3) is 12.1. The van der Waals surface area contributed by atoms with Crippen molar-refractivity contribution in [1.82, 2.24) is 19.8 Å². The first-order valence-electron chi connectivity index (χ1n) is 26.6. The maximum absolute atomic E-state index is 13.5. The van der Waals surface area contributed by atoms with Gasteiger partial charge in [0.15, 0.2) is 12.2 Å². The van der Waals surface area contributed by atoms with E-state index in [-0.39, 0.29) is 56.6 Å². The molecule has 5 aromatic rings. The van der Waals surface area contributed by atoms with Crippen LogP contribution in [-0.4, -0.2) is 135 Å². The van der Waals surface area contributed by atoms with Crippen LogP contribution in [0.2, 0.25) is 0 Å². The second kappa shape index (κ2) is 25.6. The van der Waals surface area contributed by atoms with Gasteiger partial charge in [0, 0.05) is 44.4 Å². The lowest BCUT2D eigenvalue weighted by Gasteiger charge is -2.39. The molecule has 18 heteroatoms. The van der Waals surface area contributed by atoms with Gasteiger partial charge in [0.2, 0.25) is 5.91 Å². The van der Waals surface area contributed by atoms with Crippen molar-refractivity contribution < 1.29 is 42.3 Å². The van der Waals surface area contributed by atoms with Crippen LogP contribution in [0.25, 0.3) is 11.1 Å². The van der Waals surface area contributed by atoms with E-state index in [0.29, 0.717) is 36.7 Å². The van der Waals surface area contributed by atoms with E-state index in [0.717, 1.165) is 38.9 Å². The number of nitrogens with one attached hydrogen (secondary N) is 1. The fraction of sp³-hybridized carbons (Fsp3) is 0.400. The molecule has 4 aliphatic rings. The average molecular weight is 1080 g/mol. The Kier molecular flexibility index (Phi) is 18.3. The first-order valence-corrected chi connectivity index (χ1v) is 27.7. The largest absolute Gasteiger partial charge is 0.497 e. The van der Waals surface area contributed by atoms with Gasteiger partial charge in [-0.2, -0.15) is 5.26 Å². The van der Waals surface area contributed by atoms with Crippen LogP contribution in [0.5, 0.6) is 11.5 Å². The number of hydrogen-bond donors (Lipinski definition) is 1. The number of aliphatic imine (C=N–C) groups is 3. The maximum atomic E-state index is 13.5. The second-order valence-electron chi connectivity index (χ2n) is 20.1. The quantitative estimate of drug-likeness (QED) is 0.0372. The third-order valence-corrected chi connectivity index (χ3v) is 16.7. The number of fused-ring (bicyclic) bond motifs is 4. The molecule has 1 aliphatic carbocycles. The Morgan fingerprint density at radius 3 is 2.03 bits per heavy atom. The lowest BCUT2D eigenvalue weighted by Crippen LogP contribution is -2.50. The molecule has 1 fully saturated rings. The summed E-state index contributed by atoms with van der Waals surface area (Å²) in [6.07, 6.45) is 1.41. The summed E-state index contributed by atoms with van der Waals surface area (Å²) in [6.45, 7) is 9.20. The van der Waals surface area contributed by atoms with E-state index in [1.165, 1.54) is 11.2 Å². The number of amidine groups is 1. The van der Waals surface area contributed by atoms with Crippen molar-refractivity contribution in [2.75, 3.05) is 47.6 Å². The monoisotopic (exact) mass is 1080 g/mol. The molecule has 78 heavy (non-hydrogen) atoms. The van der Waals surface area contributed by atoms with Crippen LogP contribution in [0.4, 0.5) is 4.79 Å². The van der Waals surface area contributed by atoms with E-state index < -0.39 is 50.9 Å². The fourth-order valence-corrected chi connectivity index (χ4v) is 12.5. The smallest absolute Gasteiger partial charge is 0.409 e. The molecule has 408 valence electrons. The highest BCUT2D eigenvalue weighted by Crippen LogP contribution is 2.51. The van der Waals surface area contributed by atoms with Gasteiger partial charge in [-0.25, -0.2) is 19.4 Å². The molecule has 1 N–H and O–H groups in total. The maximum Gasteiger partial charge on any atom is 0.409 e. The second-order valence-corrected chi connectivity index (χ2v) is 21.5. The number of nitriles is 1. The van der Waals surface area contributed by atoms with E-state index in [9.17, 15) is 14.9 Å². The normalized spacial score (nSPS) is 19.8. The highest BCUT2D eigenvalue weighted by molar-refractivity contribution is 7.44. The highest BCUT2D eigenvalue weighted by atomic mass is 31.2. The molecule has 17 nitrogen and oxygen atoms in total. The number of amides is 2. The predicted molar refractivity (Wildman–Crippen MR) is 301 cm³/mol. The molecule has 4 unspecified atom stereocenters. The summed E-state index contributed by atoms with van der Waals surface area (Å²) >= 11 is 0. The van der Waals surface area contributed by atoms with Gasteiger partial charge in [-0.15, -0.1) is 0 Å². The molecule has 3 heterocycles. The lowest BCUT2D eigenvalue weighted by molar-refractivity contribution is -0.119. The fourth-order valence-electron chi connectivity index (χ4n) is 10.7. The summed E-state index contributed by atoms with van der Waals surface area (Å²) in [5.41, 5.74) is 6.08. The minimum Gasteiger partial charge on any atom is -0.497 e. The number of hydrogen-bond acceptors (Lipinski definition) is 15. The minimum atomic E-state index is -1.69. The van der Waals surface area contributed by atoms with Gasteiger partial charge in [-0.3, -0.25) is 9.79 Å². The molecule has 3 aliphatic heterocycles. The molecular formula is C60H69N8O9P. The lowest BCUT2D eigenvalue weighted by atomic mass is 9.80. The Hall–Kier alpha value is -7.03. The summed E-state index contributed by atoms with van der Waals surface area (Å²) in [7, 11) is 3.27. The van der Waals surface area contributed by atoms with Gasteiger partial charge in [-0.1, -0.05) is 103 Å². The Morgan fingerprint density at radius 2 is 1.42 bits per heavy atom. The first kappa shape index (κ1) is 55.7. The van der Waals surface area contributed by atoms with Crippen molar-refractivity contribution in [3.8, 4) is 28.7 Å². The van der Waals surface area contributed by atoms with E-state index in [2.05, 4.69) is 85.1 Å². The van der Waals surface area contributed by atoms with Crippen LogP contribution in [0.15, 0.2) is 142 Å². The van der Waals surface area contributed by atoms with Crippen molar-refractivity contribution >= 4 is 39.0 Å². The van der Waals surface area contributed by atoms with Crippen molar-refractivity contribution in [1.29, 1.82) is 5.26 Å². The molecule has 0 saturated carbocycles.